The van der Waals surface area contributed by atoms with Crippen LogP contribution in [0.3, 0.4) is 0 Å². The fraction of sp³-hybridized carbons (Fsp3) is 0.696. The maximum Gasteiger partial charge on any atom is 0.123 e. The summed E-state index contributed by atoms with van der Waals surface area (Å²) in [4.78, 5) is 2.48. The highest BCUT2D eigenvalue weighted by atomic mass is 32.2. The van der Waals surface area contributed by atoms with E-state index in [0.29, 0.717) is 18.6 Å². The van der Waals surface area contributed by atoms with E-state index in [1.807, 2.05) is 0 Å². The zero-order valence-electron chi connectivity index (χ0n) is 17.8. The van der Waals surface area contributed by atoms with Crippen molar-refractivity contribution >= 4 is 15.6 Å². The summed E-state index contributed by atoms with van der Waals surface area (Å²) in [6.45, 7) is 4.72. The number of para-hydroxylation sites is 1. The monoisotopic (exact) mass is 420 g/mol. The third-order valence-electron chi connectivity index (χ3n) is 6.78. The zero-order valence-corrected chi connectivity index (χ0v) is 18.7. The highest BCUT2D eigenvalue weighted by Gasteiger charge is 2.37. The van der Waals surface area contributed by atoms with Gasteiger partial charge in [0.2, 0.25) is 0 Å². The van der Waals surface area contributed by atoms with Crippen LogP contribution in [0.1, 0.15) is 56.9 Å². The number of nitrogens with one attached hydrogen (secondary N) is 1. The Morgan fingerprint density at radius 2 is 1.97 bits per heavy atom. The second kappa shape index (κ2) is 8.96. The summed E-state index contributed by atoms with van der Waals surface area (Å²) in [5.74, 6) is 5.44. The minimum Gasteiger partial charge on any atom is -0.489 e. The van der Waals surface area contributed by atoms with Crippen LogP contribution in [0.15, 0.2) is 24.3 Å². The van der Waals surface area contributed by atoms with E-state index in [1.54, 1.807) is 6.26 Å². The Balaban J connectivity index is 1.60. The van der Waals surface area contributed by atoms with Crippen LogP contribution in [0.2, 0.25) is 0 Å². The van der Waals surface area contributed by atoms with Crippen molar-refractivity contribution in [2.75, 3.05) is 26.0 Å². The van der Waals surface area contributed by atoms with Gasteiger partial charge in [0.05, 0.1) is 12.7 Å². The predicted octanol–water partition coefficient (Wildman–Crippen LogP) is 3.19. The molecule has 0 radical (unpaired) electrons. The largest absolute Gasteiger partial charge is 0.489 e. The van der Waals surface area contributed by atoms with Gasteiger partial charge in [0.25, 0.3) is 0 Å². The summed E-state index contributed by atoms with van der Waals surface area (Å²) in [6.07, 6.45) is 8.59. The van der Waals surface area contributed by atoms with Gasteiger partial charge in [0, 0.05) is 41.1 Å². The molecular formula is C23H36N2O3S. The first-order chi connectivity index (χ1) is 13.9. The molecule has 2 fully saturated rings. The third-order valence-corrected chi connectivity index (χ3v) is 7.59. The molecule has 3 aliphatic heterocycles. The van der Waals surface area contributed by atoms with E-state index in [-0.39, 0.29) is 18.2 Å². The van der Waals surface area contributed by atoms with E-state index in [4.69, 9.17) is 9.47 Å². The SMILES string of the molecule is C=S(C)(=O)NC1CCN2C[C@@H](CC)Oc3ccccc3C3CCC(CC3)OCC12. The number of ether oxygens (including phenoxy) is 2. The van der Waals surface area contributed by atoms with Crippen LogP contribution < -0.4 is 9.46 Å². The average Bonchev–Trinajstić information content (AvgIpc) is 3.06. The fourth-order valence-corrected chi connectivity index (χ4v) is 6.13. The molecule has 0 spiro atoms. The van der Waals surface area contributed by atoms with E-state index in [1.165, 1.54) is 5.56 Å². The van der Waals surface area contributed by atoms with E-state index < -0.39 is 9.71 Å². The van der Waals surface area contributed by atoms with Crippen molar-refractivity contribution < 1.29 is 13.7 Å². The second-order valence-electron chi connectivity index (χ2n) is 9.07. The van der Waals surface area contributed by atoms with Crippen LogP contribution >= 0.6 is 0 Å². The summed E-state index contributed by atoms with van der Waals surface area (Å²) in [6, 6.07) is 8.97. The topological polar surface area (TPSA) is 50.8 Å². The van der Waals surface area contributed by atoms with Gasteiger partial charge < -0.3 is 9.47 Å². The molecule has 1 aromatic carbocycles. The molecule has 1 N–H and O–H groups in total. The standard InChI is InChI=1S/C23H36N2O3S/c1-4-18-15-25-14-13-21(24-29(2,3)26)22(25)16-27-19-11-9-17(10-12-19)20-7-5-6-8-23(20)28-18/h5-8,17-19,21-22H,2,4,9-16H2,1,3H3,(H,24,26)/t17?,18-,19?,21?,22?,29?/m1/s1. The molecule has 1 saturated carbocycles. The van der Waals surface area contributed by atoms with Crippen molar-refractivity contribution in [2.24, 2.45) is 0 Å². The second-order valence-corrected chi connectivity index (χ2v) is 11.3. The summed E-state index contributed by atoms with van der Waals surface area (Å²) in [5.41, 5.74) is 1.36. The first kappa shape index (κ1) is 21.2. The van der Waals surface area contributed by atoms with Crippen LogP contribution in [0, 0.1) is 0 Å². The van der Waals surface area contributed by atoms with Gasteiger partial charge in [-0.25, -0.2) is 4.72 Å². The van der Waals surface area contributed by atoms with Crippen LogP contribution in [0.25, 0.3) is 0 Å². The van der Waals surface area contributed by atoms with Crippen molar-refractivity contribution in [3.63, 3.8) is 0 Å². The molecule has 5 rings (SSSR count). The molecular weight excluding hydrogens is 384 g/mol. The summed E-state index contributed by atoms with van der Waals surface area (Å²) in [5, 5.41) is 0. The number of hydrogen-bond acceptors (Lipinski definition) is 4. The first-order valence-corrected chi connectivity index (χ1v) is 13.3. The molecule has 4 atom stereocenters. The van der Waals surface area contributed by atoms with Crippen LogP contribution in [-0.4, -0.2) is 65.2 Å². The molecule has 162 valence electrons. The van der Waals surface area contributed by atoms with Gasteiger partial charge in [0.1, 0.15) is 11.9 Å². The molecule has 1 aliphatic carbocycles. The Labute approximate surface area is 176 Å². The van der Waals surface area contributed by atoms with Crippen molar-refractivity contribution in [2.45, 2.75) is 75.7 Å². The summed E-state index contributed by atoms with van der Waals surface area (Å²) < 4.78 is 28.6. The lowest BCUT2D eigenvalue weighted by atomic mass is 9.82. The Bertz CT molecular complexity index is 789. The Morgan fingerprint density at radius 1 is 1.21 bits per heavy atom. The summed E-state index contributed by atoms with van der Waals surface area (Å²) >= 11 is 0. The minimum absolute atomic E-state index is 0.140. The first-order valence-electron chi connectivity index (χ1n) is 11.1. The van der Waals surface area contributed by atoms with Crippen molar-refractivity contribution in [1.29, 1.82) is 0 Å². The van der Waals surface area contributed by atoms with Gasteiger partial charge in [-0.1, -0.05) is 25.1 Å². The van der Waals surface area contributed by atoms with E-state index in [2.05, 4.69) is 46.7 Å². The molecule has 2 bridgehead atoms. The maximum atomic E-state index is 12.3. The minimum atomic E-state index is -2.25. The lowest BCUT2D eigenvalue weighted by molar-refractivity contribution is -0.00966. The van der Waals surface area contributed by atoms with Gasteiger partial charge in [-0.15, -0.1) is 0 Å². The van der Waals surface area contributed by atoms with Gasteiger partial charge in [-0.05, 0) is 61.9 Å². The number of rotatable bonds is 3. The van der Waals surface area contributed by atoms with Crippen molar-refractivity contribution in [3.05, 3.63) is 29.8 Å². The molecule has 6 heteroatoms. The van der Waals surface area contributed by atoms with Crippen LogP contribution in [0.4, 0.5) is 0 Å². The van der Waals surface area contributed by atoms with Crippen molar-refractivity contribution in [3.8, 4) is 5.75 Å². The van der Waals surface area contributed by atoms with Gasteiger partial charge >= 0.3 is 0 Å². The molecule has 4 aliphatic rings. The van der Waals surface area contributed by atoms with Gasteiger partial charge in [-0.3, -0.25) is 9.11 Å². The quantitative estimate of drug-likeness (QED) is 0.763. The van der Waals surface area contributed by atoms with E-state index in [9.17, 15) is 4.21 Å². The molecule has 1 aromatic rings. The lowest BCUT2D eigenvalue weighted by Crippen LogP contribution is -2.49. The van der Waals surface area contributed by atoms with Gasteiger partial charge in [-0.2, -0.15) is 0 Å². The molecule has 1 saturated heterocycles. The Hall–Kier alpha value is -1.08. The van der Waals surface area contributed by atoms with Crippen LogP contribution in [-0.2, 0) is 14.4 Å². The predicted molar refractivity (Wildman–Crippen MR) is 120 cm³/mol. The molecule has 0 aromatic heterocycles. The lowest BCUT2D eigenvalue weighted by Gasteiger charge is -2.33. The van der Waals surface area contributed by atoms with Crippen molar-refractivity contribution in [1.82, 2.24) is 9.62 Å². The Morgan fingerprint density at radius 3 is 2.69 bits per heavy atom. The number of benzene rings is 1. The number of fused-ring (bicyclic) bond motifs is 5. The zero-order chi connectivity index (χ0) is 20.4. The highest BCUT2D eigenvalue weighted by Crippen LogP contribution is 2.39. The van der Waals surface area contributed by atoms with Crippen LogP contribution in [0.5, 0.6) is 5.75 Å². The van der Waals surface area contributed by atoms with E-state index >= 15 is 0 Å². The van der Waals surface area contributed by atoms with E-state index in [0.717, 1.165) is 57.4 Å². The molecule has 0 amide bonds. The molecule has 3 unspecified atom stereocenters. The molecule has 3 heterocycles. The third kappa shape index (κ3) is 5.16. The highest BCUT2D eigenvalue weighted by molar-refractivity contribution is 7.97. The molecule has 29 heavy (non-hydrogen) atoms. The summed E-state index contributed by atoms with van der Waals surface area (Å²) in [7, 11) is -2.25. The Kier molecular flexibility index (Phi) is 6.54. The molecule has 5 nitrogen and oxygen atoms in total. The fourth-order valence-electron chi connectivity index (χ4n) is 5.21. The number of nitrogens with zero attached hydrogens (tertiary/aromatic N) is 1. The normalized spacial score (nSPS) is 35.3. The van der Waals surface area contributed by atoms with Gasteiger partial charge in [0.15, 0.2) is 0 Å². The maximum absolute atomic E-state index is 12.3. The smallest absolute Gasteiger partial charge is 0.123 e. The average molecular weight is 421 g/mol. The number of hydrogen-bond donors (Lipinski definition) is 1.